The molecule has 1 aromatic heterocycles. The third-order valence-electron chi connectivity index (χ3n) is 3.62. The highest BCUT2D eigenvalue weighted by molar-refractivity contribution is 6.35. The average Bonchev–Trinajstić information content (AvgIpc) is 3.15. The predicted octanol–water partition coefficient (Wildman–Crippen LogP) is 3.06. The standard InChI is InChI=1S/C18H17Cl2N5O3/c1-2-27-14-6-4-13(5-7-14)25-17(22-23-24-25)10-21-18(26)11-28-16-8-3-12(19)9-15(16)20/h3-9H,2,10-11H2,1H3,(H,21,26). The highest BCUT2D eigenvalue weighted by Crippen LogP contribution is 2.27. The lowest BCUT2D eigenvalue weighted by atomic mass is 10.3. The van der Waals surface area contributed by atoms with Gasteiger partial charge >= 0.3 is 0 Å². The van der Waals surface area contributed by atoms with E-state index in [1.807, 2.05) is 31.2 Å². The number of hydrogen-bond acceptors (Lipinski definition) is 6. The summed E-state index contributed by atoms with van der Waals surface area (Å²) in [5.41, 5.74) is 0.752. The van der Waals surface area contributed by atoms with Gasteiger partial charge in [0.25, 0.3) is 5.91 Å². The molecule has 0 atom stereocenters. The molecule has 0 radical (unpaired) electrons. The topological polar surface area (TPSA) is 91.2 Å². The molecule has 8 nitrogen and oxygen atoms in total. The van der Waals surface area contributed by atoms with Crippen molar-refractivity contribution >= 4 is 29.1 Å². The van der Waals surface area contributed by atoms with Crippen LogP contribution in [0.25, 0.3) is 5.69 Å². The second-order valence-electron chi connectivity index (χ2n) is 5.57. The van der Waals surface area contributed by atoms with E-state index >= 15 is 0 Å². The monoisotopic (exact) mass is 421 g/mol. The number of carbonyl (C=O) groups excluding carboxylic acids is 1. The molecule has 0 spiro atoms. The molecule has 0 saturated heterocycles. The van der Waals surface area contributed by atoms with Gasteiger partial charge in [-0.05, 0) is 59.8 Å². The number of halogens is 2. The molecule has 1 amide bonds. The molecule has 1 heterocycles. The number of nitrogens with zero attached hydrogens (tertiary/aromatic N) is 4. The van der Waals surface area contributed by atoms with Crippen LogP contribution in [0.2, 0.25) is 10.0 Å². The molecule has 2 aromatic carbocycles. The number of tetrazole rings is 1. The van der Waals surface area contributed by atoms with E-state index in [-0.39, 0.29) is 19.1 Å². The van der Waals surface area contributed by atoms with Crippen LogP contribution >= 0.6 is 23.2 Å². The molecule has 0 bridgehead atoms. The second kappa shape index (κ2) is 9.38. The van der Waals surface area contributed by atoms with Crippen molar-refractivity contribution in [1.82, 2.24) is 25.5 Å². The summed E-state index contributed by atoms with van der Waals surface area (Å²) in [7, 11) is 0. The summed E-state index contributed by atoms with van der Waals surface area (Å²) in [6.07, 6.45) is 0. The first-order chi connectivity index (χ1) is 13.6. The van der Waals surface area contributed by atoms with Crippen molar-refractivity contribution in [1.29, 1.82) is 0 Å². The fourth-order valence-corrected chi connectivity index (χ4v) is 2.79. The number of aromatic nitrogens is 4. The summed E-state index contributed by atoms with van der Waals surface area (Å²) in [5, 5.41) is 15.1. The highest BCUT2D eigenvalue weighted by atomic mass is 35.5. The van der Waals surface area contributed by atoms with Gasteiger partial charge in [0.2, 0.25) is 0 Å². The number of amides is 1. The Morgan fingerprint density at radius 1 is 1.14 bits per heavy atom. The summed E-state index contributed by atoms with van der Waals surface area (Å²) >= 11 is 11.8. The predicted molar refractivity (Wildman–Crippen MR) is 104 cm³/mol. The van der Waals surface area contributed by atoms with Gasteiger partial charge in [0.15, 0.2) is 12.4 Å². The Kier molecular flexibility index (Phi) is 6.67. The zero-order valence-corrected chi connectivity index (χ0v) is 16.4. The largest absolute Gasteiger partial charge is 0.494 e. The fourth-order valence-electron chi connectivity index (χ4n) is 2.33. The molecule has 3 aromatic rings. The lowest BCUT2D eigenvalue weighted by Crippen LogP contribution is -2.29. The lowest BCUT2D eigenvalue weighted by molar-refractivity contribution is -0.123. The Morgan fingerprint density at radius 2 is 1.93 bits per heavy atom. The molecular formula is C18H17Cl2N5O3. The maximum atomic E-state index is 12.1. The van der Waals surface area contributed by atoms with Crippen LogP contribution in [0, 0.1) is 0 Å². The Balaban J connectivity index is 1.56. The molecule has 146 valence electrons. The lowest BCUT2D eigenvalue weighted by Gasteiger charge is -2.09. The van der Waals surface area contributed by atoms with Crippen molar-refractivity contribution in [2.75, 3.05) is 13.2 Å². The van der Waals surface area contributed by atoms with E-state index in [0.717, 1.165) is 11.4 Å². The first kappa shape index (κ1) is 19.9. The van der Waals surface area contributed by atoms with Crippen molar-refractivity contribution in [2.45, 2.75) is 13.5 Å². The third kappa shape index (κ3) is 5.11. The molecule has 0 fully saturated rings. The Morgan fingerprint density at radius 3 is 2.64 bits per heavy atom. The summed E-state index contributed by atoms with van der Waals surface area (Å²) in [6.45, 7) is 2.44. The fraction of sp³-hybridized carbons (Fsp3) is 0.222. The minimum Gasteiger partial charge on any atom is -0.494 e. The van der Waals surface area contributed by atoms with Gasteiger partial charge in [-0.15, -0.1) is 5.10 Å². The van der Waals surface area contributed by atoms with Crippen molar-refractivity contribution in [3.8, 4) is 17.2 Å². The van der Waals surface area contributed by atoms with Crippen LogP contribution in [-0.2, 0) is 11.3 Å². The van der Waals surface area contributed by atoms with Crippen LogP contribution in [0.4, 0.5) is 0 Å². The first-order valence-electron chi connectivity index (χ1n) is 8.42. The van der Waals surface area contributed by atoms with Crippen molar-refractivity contribution in [2.24, 2.45) is 0 Å². The number of carbonyl (C=O) groups is 1. The molecular weight excluding hydrogens is 405 g/mol. The maximum absolute atomic E-state index is 12.1. The Bertz CT molecular complexity index is 947. The van der Waals surface area contributed by atoms with E-state index in [4.69, 9.17) is 32.7 Å². The van der Waals surface area contributed by atoms with Gasteiger partial charge < -0.3 is 14.8 Å². The number of rotatable bonds is 8. The quantitative estimate of drug-likeness (QED) is 0.600. The molecule has 1 N–H and O–H groups in total. The van der Waals surface area contributed by atoms with E-state index in [2.05, 4.69) is 20.8 Å². The van der Waals surface area contributed by atoms with E-state index in [0.29, 0.717) is 28.2 Å². The van der Waals surface area contributed by atoms with Crippen molar-refractivity contribution in [3.63, 3.8) is 0 Å². The zero-order chi connectivity index (χ0) is 19.9. The minimum absolute atomic E-state index is 0.136. The van der Waals surface area contributed by atoms with Gasteiger partial charge in [0, 0.05) is 5.02 Å². The summed E-state index contributed by atoms with van der Waals surface area (Å²) < 4.78 is 12.4. The second-order valence-corrected chi connectivity index (χ2v) is 6.42. The molecule has 0 aliphatic carbocycles. The smallest absolute Gasteiger partial charge is 0.258 e. The molecule has 0 unspecified atom stereocenters. The van der Waals surface area contributed by atoms with Crippen LogP contribution in [0.5, 0.6) is 11.5 Å². The Labute approximate surface area is 171 Å². The molecule has 3 rings (SSSR count). The van der Waals surface area contributed by atoms with E-state index in [9.17, 15) is 4.79 Å². The van der Waals surface area contributed by atoms with Crippen molar-refractivity contribution in [3.05, 3.63) is 58.3 Å². The number of benzene rings is 2. The molecule has 10 heteroatoms. The third-order valence-corrected chi connectivity index (χ3v) is 4.15. The number of hydrogen-bond donors (Lipinski definition) is 1. The SMILES string of the molecule is CCOc1ccc(-n2nnnc2CNC(=O)COc2ccc(Cl)cc2Cl)cc1. The first-order valence-corrected chi connectivity index (χ1v) is 9.17. The Hall–Kier alpha value is -2.84. The van der Waals surface area contributed by atoms with E-state index < -0.39 is 0 Å². The zero-order valence-electron chi connectivity index (χ0n) is 14.9. The van der Waals surface area contributed by atoms with Crippen LogP contribution in [0.1, 0.15) is 12.7 Å². The van der Waals surface area contributed by atoms with E-state index in [1.165, 1.54) is 4.68 Å². The average molecular weight is 422 g/mol. The van der Waals surface area contributed by atoms with Gasteiger partial charge in [-0.25, -0.2) is 0 Å². The van der Waals surface area contributed by atoms with Crippen LogP contribution in [0.15, 0.2) is 42.5 Å². The molecule has 0 saturated carbocycles. The number of ether oxygens (including phenoxy) is 2. The summed E-state index contributed by atoms with van der Waals surface area (Å²) in [4.78, 5) is 12.1. The maximum Gasteiger partial charge on any atom is 0.258 e. The van der Waals surface area contributed by atoms with Crippen molar-refractivity contribution < 1.29 is 14.3 Å². The minimum atomic E-state index is -0.340. The molecule has 28 heavy (non-hydrogen) atoms. The van der Waals surface area contributed by atoms with E-state index in [1.54, 1.807) is 18.2 Å². The highest BCUT2D eigenvalue weighted by Gasteiger charge is 2.11. The van der Waals surface area contributed by atoms with Crippen LogP contribution in [0.3, 0.4) is 0 Å². The number of nitrogens with one attached hydrogen (secondary N) is 1. The summed E-state index contributed by atoms with van der Waals surface area (Å²) in [6, 6.07) is 12.1. The van der Waals surface area contributed by atoms with Crippen LogP contribution < -0.4 is 14.8 Å². The van der Waals surface area contributed by atoms with Gasteiger partial charge in [0.05, 0.1) is 23.9 Å². The molecule has 0 aliphatic heterocycles. The summed E-state index contributed by atoms with van der Waals surface area (Å²) in [5.74, 6) is 1.27. The van der Waals surface area contributed by atoms with Gasteiger partial charge in [-0.1, -0.05) is 23.2 Å². The normalized spacial score (nSPS) is 10.5. The van der Waals surface area contributed by atoms with Gasteiger partial charge in [-0.2, -0.15) is 4.68 Å². The molecule has 0 aliphatic rings. The van der Waals surface area contributed by atoms with Crippen LogP contribution in [-0.4, -0.2) is 39.3 Å². The van der Waals surface area contributed by atoms with Gasteiger partial charge in [0.1, 0.15) is 11.5 Å². The van der Waals surface area contributed by atoms with Gasteiger partial charge in [-0.3, -0.25) is 4.79 Å².